The molecule has 0 spiro atoms. The number of benzene rings is 2. The van der Waals surface area contributed by atoms with Crippen molar-refractivity contribution in [2.45, 2.75) is 24.3 Å². The number of thioether (sulfide) groups is 1. The predicted molar refractivity (Wildman–Crippen MR) is 124 cm³/mol. The molecule has 6 nitrogen and oxygen atoms in total. The van der Waals surface area contributed by atoms with Gasteiger partial charge in [0.15, 0.2) is 5.16 Å². The molecule has 0 bridgehead atoms. The Kier molecular flexibility index (Phi) is 7.08. The third-order valence-electron chi connectivity index (χ3n) is 5.64. The number of anilines is 1. The van der Waals surface area contributed by atoms with Crippen molar-refractivity contribution in [2.75, 3.05) is 31.1 Å². The number of carbonyl (C=O) groups excluding carboxylic acids is 1. The Labute approximate surface area is 194 Å². The number of hydrogen-bond acceptors (Lipinski definition) is 5. The van der Waals surface area contributed by atoms with Crippen LogP contribution in [0.2, 0.25) is 0 Å². The maximum absolute atomic E-state index is 14.0. The Bertz CT molecular complexity index is 1190. The molecule has 1 N–H and O–H groups in total. The van der Waals surface area contributed by atoms with Gasteiger partial charge in [-0.15, -0.1) is 0 Å². The smallest absolute Gasteiger partial charge is 0.255 e. The van der Waals surface area contributed by atoms with Crippen molar-refractivity contribution >= 4 is 23.4 Å². The summed E-state index contributed by atoms with van der Waals surface area (Å²) in [5.74, 6) is -0.185. The van der Waals surface area contributed by atoms with Gasteiger partial charge in [-0.2, -0.15) is 0 Å². The van der Waals surface area contributed by atoms with Crippen molar-refractivity contribution in [1.29, 1.82) is 0 Å². The SMILES string of the molecule is Cc1nc(SCc2ccc(F)cc2)[nH]c(=O)c1CC(=O)N1CCN(c2ccccc2F)CC1. The molecular weight excluding hydrogens is 446 g/mol. The average Bonchev–Trinajstić information content (AvgIpc) is 2.81. The minimum absolute atomic E-state index is 0.0310. The van der Waals surface area contributed by atoms with Crippen LogP contribution in [0.15, 0.2) is 58.5 Å². The van der Waals surface area contributed by atoms with Crippen LogP contribution in [-0.2, 0) is 17.0 Å². The van der Waals surface area contributed by atoms with Gasteiger partial charge in [0.05, 0.1) is 12.1 Å². The van der Waals surface area contributed by atoms with E-state index in [9.17, 15) is 18.4 Å². The molecule has 1 aromatic heterocycles. The fourth-order valence-corrected chi connectivity index (χ4v) is 4.62. The van der Waals surface area contributed by atoms with E-state index in [0.29, 0.717) is 54.0 Å². The molecule has 0 unspecified atom stereocenters. The number of carbonyl (C=O) groups is 1. The van der Waals surface area contributed by atoms with E-state index in [-0.39, 0.29) is 29.5 Å². The number of aromatic nitrogens is 2. The number of nitrogens with zero attached hydrogens (tertiary/aromatic N) is 3. The molecule has 1 amide bonds. The Hall–Kier alpha value is -3.20. The van der Waals surface area contributed by atoms with Crippen LogP contribution >= 0.6 is 11.8 Å². The summed E-state index contributed by atoms with van der Waals surface area (Å²) in [6.45, 7) is 3.70. The summed E-state index contributed by atoms with van der Waals surface area (Å²) in [5, 5.41) is 0.455. The summed E-state index contributed by atoms with van der Waals surface area (Å²) < 4.78 is 27.1. The number of amides is 1. The molecule has 3 aromatic rings. The van der Waals surface area contributed by atoms with Crippen molar-refractivity contribution in [3.8, 4) is 0 Å². The molecule has 1 aliphatic heterocycles. The molecule has 1 saturated heterocycles. The predicted octanol–water partition coefficient (Wildman–Crippen LogP) is 3.54. The van der Waals surface area contributed by atoms with Crippen LogP contribution < -0.4 is 10.5 Å². The minimum atomic E-state index is -0.331. The summed E-state index contributed by atoms with van der Waals surface area (Å²) in [4.78, 5) is 36.3. The Balaban J connectivity index is 1.35. The first kappa shape index (κ1) is 23.0. The van der Waals surface area contributed by atoms with Gasteiger partial charge in [-0.1, -0.05) is 36.0 Å². The quantitative estimate of drug-likeness (QED) is 0.441. The zero-order valence-electron chi connectivity index (χ0n) is 18.2. The summed E-state index contributed by atoms with van der Waals surface area (Å²) in [7, 11) is 0. The third kappa shape index (κ3) is 5.60. The Morgan fingerprint density at radius 1 is 1.06 bits per heavy atom. The van der Waals surface area contributed by atoms with Gasteiger partial charge in [-0.25, -0.2) is 13.8 Å². The first-order valence-corrected chi connectivity index (χ1v) is 11.6. The van der Waals surface area contributed by atoms with Gasteiger partial charge in [0.25, 0.3) is 5.56 Å². The van der Waals surface area contributed by atoms with E-state index >= 15 is 0 Å². The molecule has 1 aliphatic rings. The highest BCUT2D eigenvalue weighted by Crippen LogP contribution is 2.21. The van der Waals surface area contributed by atoms with Crippen molar-refractivity contribution < 1.29 is 13.6 Å². The molecule has 4 rings (SSSR count). The van der Waals surface area contributed by atoms with E-state index in [4.69, 9.17) is 0 Å². The highest BCUT2D eigenvalue weighted by Gasteiger charge is 2.24. The van der Waals surface area contributed by atoms with E-state index in [1.165, 1.54) is 30.0 Å². The minimum Gasteiger partial charge on any atom is -0.366 e. The number of para-hydroxylation sites is 1. The van der Waals surface area contributed by atoms with Crippen LogP contribution in [0.5, 0.6) is 0 Å². The van der Waals surface area contributed by atoms with Crippen LogP contribution in [0, 0.1) is 18.6 Å². The molecule has 1 fully saturated rings. The fraction of sp³-hybridized carbons (Fsp3) is 0.292. The van der Waals surface area contributed by atoms with Crippen molar-refractivity contribution in [3.63, 3.8) is 0 Å². The molecule has 9 heteroatoms. The molecular formula is C24H24F2N4O2S. The number of rotatable bonds is 6. The number of aromatic amines is 1. The number of nitrogens with one attached hydrogen (secondary N) is 1. The lowest BCUT2D eigenvalue weighted by Gasteiger charge is -2.36. The largest absolute Gasteiger partial charge is 0.366 e. The van der Waals surface area contributed by atoms with Gasteiger partial charge in [-0.05, 0) is 36.8 Å². The van der Waals surface area contributed by atoms with Gasteiger partial charge < -0.3 is 14.8 Å². The zero-order chi connectivity index (χ0) is 23.4. The van der Waals surface area contributed by atoms with Crippen LogP contribution in [0.1, 0.15) is 16.8 Å². The maximum atomic E-state index is 14.0. The Morgan fingerprint density at radius 2 is 1.76 bits per heavy atom. The summed E-state index contributed by atoms with van der Waals surface area (Å²) >= 11 is 1.34. The third-order valence-corrected chi connectivity index (χ3v) is 6.59. The Morgan fingerprint density at radius 3 is 2.42 bits per heavy atom. The fourth-order valence-electron chi connectivity index (χ4n) is 3.76. The lowest BCUT2D eigenvalue weighted by molar-refractivity contribution is -0.130. The van der Waals surface area contributed by atoms with Gasteiger partial charge in [0, 0.05) is 43.2 Å². The normalized spacial score (nSPS) is 13.9. The molecule has 0 aliphatic carbocycles. The summed E-state index contributed by atoms with van der Waals surface area (Å²) in [5.41, 5.74) is 1.98. The second-order valence-corrected chi connectivity index (χ2v) is 8.81. The summed E-state index contributed by atoms with van der Waals surface area (Å²) in [6, 6.07) is 12.8. The molecule has 33 heavy (non-hydrogen) atoms. The van der Waals surface area contributed by atoms with E-state index < -0.39 is 0 Å². The number of H-pyrrole nitrogens is 1. The zero-order valence-corrected chi connectivity index (χ0v) is 19.0. The van der Waals surface area contributed by atoms with E-state index in [1.54, 1.807) is 42.2 Å². The first-order chi connectivity index (χ1) is 15.9. The van der Waals surface area contributed by atoms with Gasteiger partial charge in [-0.3, -0.25) is 9.59 Å². The van der Waals surface area contributed by atoms with Crippen LogP contribution in [-0.4, -0.2) is 47.0 Å². The molecule has 172 valence electrons. The molecule has 2 heterocycles. The second kappa shape index (κ2) is 10.2. The van der Waals surface area contributed by atoms with Gasteiger partial charge >= 0.3 is 0 Å². The number of piperazine rings is 1. The van der Waals surface area contributed by atoms with Crippen LogP contribution in [0.3, 0.4) is 0 Å². The number of halogens is 2. The number of hydrogen-bond donors (Lipinski definition) is 1. The maximum Gasteiger partial charge on any atom is 0.255 e. The average molecular weight is 471 g/mol. The summed E-state index contributed by atoms with van der Waals surface area (Å²) in [6.07, 6.45) is -0.0310. The number of aryl methyl sites for hydroxylation is 1. The van der Waals surface area contributed by atoms with Crippen molar-refractivity contribution in [2.24, 2.45) is 0 Å². The second-order valence-electron chi connectivity index (χ2n) is 7.85. The highest BCUT2D eigenvalue weighted by atomic mass is 32.2. The van der Waals surface area contributed by atoms with E-state index in [2.05, 4.69) is 9.97 Å². The molecule has 0 atom stereocenters. The van der Waals surface area contributed by atoms with Crippen LogP contribution in [0.4, 0.5) is 14.5 Å². The lowest BCUT2D eigenvalue weighted by atomic mass is 10.1. The molecule has 0 radical (unpaired) electrons. The topological polar surface area (TPSA) is 69.3 Å². The van der Waals surface area contributed by atoms with Crippen molar-refractivity contribution in [3.05, 3.63) is 87.3 Å². The van der Waals surface area contributed by atoms with E-state index in [1.807, 2.05) is 4.90 Å². The standard InChI is InChI=1S/C24H24F2N4O2S/c1-16-19(23(32)28-24(27-16)33-15-17-6-8-18(25)9-7-17)14-22(31)30-12-10-29(11-13-30)21-5-3-2-4-20(21)26/h2-9H,10-15H2,1H3,(H,27,28,32). The van der Waals surface area contributed by atoms with Crippen LogP contribution in [0.25, 0.3) is 0 Å². The highest BCUT2D eigenvalue weighted by molar-refractivity contribution is 7.98. The monoisotopic (exact) mass is 470 g/mol. The van der Waals surface area contributed by atoms with Gasteiger partial charge in [0.2, 0.25) is 5.91 Å². The molecule has 0 saturated carbocycles. The molecule has 2 aromatic carbocycles. The first-order valence-electron chi connectivity index (χ1n) is 10.6. The van der Waals surface area contributed by atoms with E-state index in [0.717, 1.165) is 5.56 Å². The lowest BCUT2D eigenvalue weighted by Crippen LogP contribution is -2.49. The van der Waals surface area contributed by atoms with Gasteiger partial charge in [0.1, 0.15) is 11.6 Å². The van der Waals surface area contributed by atoms with Crippen molar-refractivity contribution in [1.82, 2.24) is 14.9 Å².